The second-order valence-electron chi connectivity index (χ2n) is 2.88. The van der Waals surface area contributed by atoms with E-state index in [9.17, 15) is 13.2 Å². The summed E-state index contributed by atoms with van der Waals surface area (Å²) < 4.78 is 37.1. The molecular weight excluding hydrogens is 289 g/mol. The lowest BCUT2D eigenvalue weighted by molar-refractivity contribution is -0.141. The van der Waals surface area contributed by atoms with E-state index < -0.39 is 11.9 Å². The normalized spacial score (nSPS) is 11.8. The molecule has 0 radical (unpaired) electrons. The van der Waals surface area contributed by atoms with E-state index in [0.29, 0.717) is 10.4 Å². The Morgan fingerprint density at radius 1 is 1.25 bits per heavy atom. The van der Waals surface area contributed by atoms with Crippen molar-refractivity contribution in [1.29, 1.82) is 0 Å². The number of nitrogens with zero attached hydrogens (tertiary/aromatic N) is 3. The van der Waals surface area contributed by atoms with E-state index in [1.807, 2.05) is 5.10 Å². The number of alkyl halides is 3. The molecule has 0 aliphatic rings. The minimum atomic E-state index is -4.44. The van der Waals surface area contributed by atoms with Crippen molar-refractivity contribution < 1.29 is 13.2 Å². The van der Waals surface area contributed by atoms with Crippen LogP contribution in [0.2, 0.25) is 0 Å². The molecule has 0 fully saturated rings. The lowest BCUT2D eigenvalue weighted by Gasteiger charge is -1.99. The van der Waals surface area contributed by atoms with Crippen LogP contribution in [0.5, 0.6) is 0 Å². The Morgan fingerprint density at radius 3 is 2.56 bits per heavy atom. The topological polar surface area (TPSA) is 54.5 Å². The van der Waals surface area contributed by atoms with Gasteiger partial charge in [-0.15, -0.1) is 0 Å². The summed E-state index contributed by atoms with van der Waals surface area (Å²) in [6.45, 7) is 0. The van der Waals surface area contributed by atoms with Gasteiger partial charge in [-0.25, -0.2) is 9.97 Å². The first-order valence-electron chi connectivity index (χ1n) is 4.08. The van der Waals surface area contributed by atoms with Crippen molar-refractivity contribution in [3.8, 4) is 11.4 Å². The van der Waals surface area contributed by atoms with E-state index in [4.69, 9.17) is 0 Å². The molecule has 0 saturated carbocycles. The van der Waals surface area contributed by atoms with Crippen LogP contribution >= 0.6 is 15.9 Å². The Bertz CT molecular complexity index is 508. The highest BCUT2D eigenvalue weighted by atomic mass is 79.9. The number of hydrogen-bond acceptors (Lipinski definition) is 3. The van der Waals surface area contributed by atoms with Crippen LogP contribution in [-0.4, -0.2) is 20.2 Å². The predicted octanol–water partition coefficient (Wildman–Crippen LogP) is 2.65. The number of nitrogens with one attached hydrogen (secondary N) is 1. The predicted molar refractivity (Wildman–Crippen MR) is 52.3 cm³/mol. The van der Waals surface area contributed by atoms with E-state index in [0.717, 1.165) is 6.07 Å². The SMILES string of the molecule is FC(F)(F)c1cc(-c2ccnc(Br)n2)n[nH]1. The molecule has 0 unspecified atom stereocenters. The van der Waals surface area contributed by atoms with Gasteiger partial charge < -0.3 is 0 Å². The Labute approximate surface area is 96.1 Å². The summed E-state index contributed by atoms with van der Waals surface area (Å²) in [5, 5.41) is 5.45. The molecule has 4 nitrogen and oxygen atoms in total. The monoisotopic (exact) mass is 292 g/mol. The molecule has 84 valence electrons. The zero-order valence-electron chi connectivity index (χ0n) is 7.59. The molecule has 0 atom stereocenters. The van der Waals surface area contributed by atoms with Gasteiger partial charge in [-0.3, -0.25) is 5.10 Å². The van der Waals surface area contributed by atoms with Gasteiger partial charge in [-0.05, 0) is 28.1 Å². The maximum atomic E-state index is 12.3. The van der Waals surface area contributed by atoms with Gasteiger partial charge in [0.05, 0.1) is 5.69 Å². The fourth-order valence-corrected chi connectivity index (χ4v) is 1.38. The van der Waals surface area contributed by atoms with Gasteiger partial charge in [-0.1, -0.05) is 0 Å². The minimum Gasteiger partial charge on any atom is -0.273 e. The van der Waals surface area contributed by atoms with Crippen molar-refractivity contribution in [3.63, 3.8) is 0 Å². The molecule has 0 bridgehead atoms. The highest BCUT2D eigenvalue weighted by Crippen LogP contribution is 2.29. The van der Waals surface area contributed by atoms with Crippen molar-refractivity contribution in [1.82, 2.24) is 20.2 Å². The van der Waals surface area contributed by atoms with Crippen molar-refractivity contribution in [2.45, 2.75) is 6.18 Å². The quantitative estimate of drug-likeness (QED) is 0.822. The van der Waals surface area contributed by atoms with Gasteiger partial charge in [0, 0.05) is 6.20 Å². The van der Waals surface area contributed by atoms with Gasteiger partial charge in [0.1, 0.15) is 11.4 Å². The summed E-state index contributed by atoms with van der Waals surface area (Å²) in [7, 11) is 0. The summed E-state index contributed by atoms with van der Waals surface area (Å²) in [5.74, 6) is 0. The Morgan fingerprint density at radius 2 is 2.00 bits per heavy atom. The van der Waals surface area contributed by atoms with Crippen molar-refractivity contribution in [2.75, 3.05) is 0 Å². The fraction of sp³-hybridized carbons (Fsp3) is 0.125. The zero-order valence-corrected chi connectivity index (χ0v) is 9.17. The van der Waals surface area contributed by atoms with E-state index >= 15 is 0 Å². The number of aromatic amines is 1. The molecule has 2 aromatic rings. The fourth-order valence-electron chi connectivity index (χ4n) is 1.08. The average Bonchev–Trinajstić information content (AvgIpc) is 2.65. The number of H-pyrrole nitrogens is 1. The molecule has 1 N–H and O–H groups in total. The van der Waals surface area contributed by atoms with Gasteiger partial charge >= 0.3 is 6.18 Å². The smallest absolute Gasteiger partial charge is 0.273 e. The molecule has 8 heteroatoms. The van der Waals surface area contributed by atoms with E-state index in [1.165, 1.54) is 12.3 Å². The molecule has 2 heterocycles. The van der Waals surface area contributed by atoms with Crippen LogP contribution in [0.25, 0.3) is 11.4 Å². The van der Waals surface area contributed by atoms with Crippen LogP contribution in [0.1, 0.15) is 5.69 Å². The second kappa shape index (κ2) is 3.85. The van der Waals surface area contributed by atoms with Gasteiger partial charge in [0.25, 0.3) is 0 Å². The van der Waals surface area contributed by atoms with Gasteiger partial charge in [0.2, 0.25) is 0 Å². The highest BCUT2D eigenvalue weighted by Gasteiger charge is 2.33. The number of rotatable bonds is 1. The van der Waals surface area contributed by atoms with Crippen molar-refractivity contribution >= 4 is 15.9 Å². The third-order valence-corrected chi connectivity index (χ3v) is 2.15. The summed E-state index contributed by atoms with van der Waals surface area (Å²) in [5.41, 5.74) is -0.471. The number of hydrogen-bond donors (Lipinski definition) is 1. The standard InChI is InChI=1S/C8H4BrF3N4/c9-7-13-2-1-4(14-7)5-3-6(16-15-5)8(10,11)12/h1-3H,(H,15,16). The number of aromatic nitrogens is 4. The zero-order chi connectivity index (χ0) is 11.8. The molecule has 2 aromatic heterocycles. The first-order chi connectivity index (χ1) is 7.47. The van der Waals surface area contributed by atoms with Crippen LogP contribution in [0.3, 0.4) is 0 Å². The summed E-state index contributed by atoms with van der Waals surface area (Å²) in [4.78, 5) is 7.66. The largest absolute Gasteiger partial charge is 0.432 e. The third kappa shape index (κ3) is 2.21. The minimum absolute atomic E-state index is 0.121. The molecule has 0 aromatic carbocycles. The van der Waals surface area contributed by atoms with Gasteiger partial charge in [0.15, 0.2) is 4.73 Å². The third-order valence-electron chi connectivity index (χ3n) is 1.77. The molecule has 2 rings (SSSR count). The maximum Gasteiger partial charge on any atom is 0.432 e. The van der Waals surface area contributed by atoms with E-state index in [1.54, 1.807) is 0 Å². The van der Waals surface area contributed by atoms with E-state index in [-0.39, 0.29) is 5.69 Å². The maximum absolute atomic E-state index is 12.3. The Balaban J connectivity index is 2.39. The molecule has 0 spiro atoms. The highest BCUT2D eigenvalue weighted by molar-refractivity contribution is 9.10. The lowest BCUT2D eigenvalue weighted by atomic mass is 10.3. The Hall–Kier alpha value is -1.44. The van der Waals surface area contributed by atoms with Crippen LogP contribution < -0.4 is 0 Å². The van der Waals surface area contributed by atoms with Gasteiger partial charge in [-0.2, -0.15) is 18.3 Å². The van der Waals surface area contributed by atoms with E-state index in [2.05, 4.69) is 31.0 Å². The second-order valence-corrected chi connectivity index (χ2v) is 3.58. The Kier molecular flexibility index (Phi) is 2.66. The molecule has 16 heavy (non-hydrogen) atoms. The van der Waals surface area contributed by atoms with Crippen LogP contribution in [0.4, 0.5) is 13.2 Å². The number of halogens is 4. The molecule has 0 saturated heterocycles. The molecule has 0 aliphatic carbocycles. The summed E-state index contributed by atoms with van der Waals surface area (Å²) in [6, 6.07) is 2.37. The summed E-state index contributed by atoms with van der Waals surface area (Å²) in [6.07, 6.45) is -3.01. The molecular formula is C8H4BrF3N4. The lowest BCUT2D eigenvalue weighted by Crippen LogP contribution is -2.04. The van der Waals surface area contributed by atoms with Crippen LogP contribution in [0.15, 0.2) is 23.1 Å². The van der Waals surface area contributed by atoms with Crippen molar-refractivity contribution in [3.05, 3.63) is 28.8 Å². The average molecular weight is 293 g/mol. The summed E-state index contributed by atoms with van der Waals surface area (Å²) >= 11 is 3.02. The van der Waals surface area contributed by atoms with Crippen LogP contribution in [-0.2, 0) is 6.18 Å². The van der Waals surface area contributed by atoms with Crippen molar-refractivity contribution in [2.24, 2.45) is 0 Å². The molecule has 0 aliphatic heterocycles. The first-order valence-corrected chi connectivity index (χ1v) is 4.87. The van der Waals surface area contributed by atoms with Crippen LogP contribution in [0, 0.1) is 0 Å². The molecule has 0 amide bonds. The first kappa shape index (κ1) is 11.1.